The molecule has 1 N–H and O–H groups in total. The Kier molecular flexibility index (Phi) is 7.39. The van der Waals surface area contributed by atoms with Gasteiger partial charge >= 0.3 is 0 Å². The Hall–Kier alpha value is -2.87. The van der Waals surface area contributed by atoms with E-state index < -0.39 is 15.9 Å². The van der Waals surface area contributed by atoms with Gasteiger partial charge in [-0.2, -0.15) is 5.10 Å². The first-order chi connectivity index (χ1) is 13.6. The second-order valence-electron chi connectivity index (χ2n) is 7.02. The predicted octanol–water partition coefficient (Wildman–Crippen LogP) is 3.01. The van der Waals surface area contributed by atoms with Gasteiger partial charge in [-0.1, -0.05) is 12.1 Å². The van der Waals surface area contributed by atoms with Gasteiger partial charge in [-0.05, 0) is 74.7 Å². The number of ether oxygens (including phenoxy) is 1. The zero-order valence-corrected chi connectivity index (χ0v) is 18.2. The molecule has 8 heteroatoms. The molecule has 0 atom stereocenters. The van der Waals surface area contributed by atoms with Crippen molar-refractivity contribution in [2.24, 2.45) is 5.10 Å². The third-order valence-electron chi connectivity index (χ3n) is 4.19. The number of rotatable bonds is 8. The highest BCUT2D eigenvalue weighted by Gasteiger charge is 2.22. The van der Waals surface area contributed by atoms with Crippen LogP contribution in [-0.4, -0.2) is 39.4 Å². The zero-order chi connectivity index (χ0) is 21.6. The number of sulfonamides is 1. The van der Waals surface area contributed by atoms with Gasteiger partial charge in [0.25, 0.3) is 5.91 Å². The first-order valence-corrected chi connectivity index (χ1v) is 11.1. The first kappa shape index (κ1) is 22.4. The van der Waals surface area contributed by atoms with Crippen LogP contribution in [-0.2, 0) is 14.8 Å². The minimum absolute atomic E-state index is 0.0867. The average molecular weight is 418 g/mol. The van der Waals surface area contributed by atoms with E-state index >= 15 is 0 Å². The highest BCUT2D eigenvalue weighted by atomic mass is 32.2. The van der Waals surface area contributed by atoms with E-state index in [1.54, 1.807) is 12.1 Å². The molecule has 7 nitrogen and oxygen atoms in total. The van der Waals surface area contributed by atoms with Crippen molar-refractivity contribution < 1.29 is 17.9 Å². The van der Waals surface area contributed by atoms with E-state index in [4.69, 9.17) is 4.74 Å². The summed E-state index contributed by atoms with van der Waals surface area (Å²) in [5.41, 5.74) is 5.38. The molecular weight excluding hydrogens is 390 g/mol. The maximum absolute atomic E-state index is 12.3. The lowest BCUT2D eigenvalue weighted by atomic mass is 10.1. The molecule has 0 bridgehead atoms. The van der Waals surface area contributed by atoms with Crippen LogP contribution in [0.15, 0.2) is 47.6 Å². The second-order valence-corrected chi connectivity index (χ2v) is 8.92. The normalized spacial score (nSPS) is 11.7. The largest absolute Gasteiger partial charge is 0.491 e. The summed E-state index contributed by atoms with van der Waals surface area (Å²) in [6.45, 7) is 7.25. The molecule has 0 aliphatic rings. The number of nitrogens with one attached hydrogen (secondary N) is 1. The van der Waals surface area contributed by atoms with Crippen molar-refractivity contribution in [1.29, 1.82) is 0 Å². The van der Waals surface area contributed by atoms with Crippen molar-refractivity contribution in [1.82, 2.24) is 5.43 Å². The van der Waals surface area contributed by atoms with Gasteiger partial charge in [0.15, 0.2) is 0 Å². The van der Waals surface area contributed by atoms with E-state index in [9.17, 15) is 13.2 Å². The lowest BCUT2D eigenvalue weighted by molar-refractivity contribution is -0.119. The average Bonchev–Trinajstić information content (AvgIpc) is 2.62. The molecule has 0 fully saturated rings. The Labute approximate surface area is 172 Å². The fourth-order valence-electron chi connectivity index (χ4n) is 2.64. The molecule has 2 aromatic carbocycles. The SMILES string of the molecule is Cc1cccc(N(CC(=O)N/N=C\c2ccc(OC(C)C)cc2)S(C)(=O)=O)c1C. The molecular formula is C21H27N3O4S. The third-order valence-corrected chi connectivity index (χ3v) is 5.31. The van der Waals surface area contributed by atoms with Crippen molar-refractivity contribution in [2.45, 2.75) is 33.8 Å². The minimum atomic E-state index is -3.64. The molecule has 2 aromatic rings. The number of hydrogen-bond acceptors (Lipinski definition) is 5. The molecule has 0 heterocycles. The highest BCUT2D eigenvalue weighted by Crippen LogP contribution is 2.24. The number of anilines is 1. The topological polar surface area (TPSA) is 88.1 Å². The molecule has 0 saturated carbocycles. The van der Waals surface area contributed by atoms with Gasteiger partial charge in [0.2, 0.25) is 10.0 Å². The quantitative estimate of drug-likeness (QED) is 0.528. The van der Waals surface area contributed by atoms with E-state index in [2.05, 4.69) is 10.5 Å². The van der Waals surface area contributed by atoms with E-state index in [0.717, 1.165) is 33.0 Å². The van der Waals surface area contributed by atoms with Crippen LogP contribution in [0, 0.1) is 13.8 Å². The number of carbonyl (C=O) groups is 1. The molecule has 0 unspecified atom stereocenters. The number of carbonyl (C=O) groups excluding carboxylic acids is 1. The summed E-state index contributed by atoms with van der Waals surface area (Å²) in [4.78, 5) is 12.3. The molecule has 0 saturated heterocycles. The summed E-state index contributed by atoms with van der Waals surface area (Å²) in [6.07, 6.45) is 2.65. The van der Waals surface area contributed by atoms with Crippen LogP contribution in [0.1, 0.15) is 30.5 Å². The lowest BCUT2D eigenvalue weighted by Gasteiger charge is -2.23. The zero-order valence-electron chi connectivity index (χ0n) is 17.3. The molecule has 0 aliphatic carbocycles. The summed E-state index contributed by atoms with van der Waals surface area (Å²) in [7, 11) is -3.64. The van der Waals surface area contributed by atoms with Crippen molar-refractivity contribution >= 4 is 27.8 Å². The third kappa shape index (κ3) is 6.60. The predicted molar refractivity (Wildman–Crippen MR) is 116 cm³/mol. The van der Waals surface area contributed by atoms with Crippen molar-refractivity contribution in [3.8, 4) is 5.75 Å². The van der Waals surface area contributed by atoms with Crippen LogP contribution in [0.3, 0.4) is 0 Å². The van der Waals surface area contributed by atoms with Crippen LogP contribution >= 0.6 is 0 Å². The van der Waals surface area contributed by atoms with E-state index in [1.165, 1.54) is 6.21 Å². The second kappa shape index (κ2) is 9.56. The Morgan fingerprint density at radius 2 is 1.83 bits per heavy atom. The maximum Gasteiger partial charge on any atom is 0.260 e. The summed E-state index contributed by atoms with van der Waals surface area (Å²) in [5.74, 6) is 0.214. The van der Waals surface area contributed by atoms with Crippen LogP contribution in [0.5, 0.6) is 5.75 Å². The minimum Gasteiger partial charge on any atom is -0.491 e. The van der Waals surface area contributed by atoms with Gasteiger partial charge in [0.1, 0.15) is 12.3 Å². The van der Waals surface area contributed by atoms with Crippen molar-refractivity contribution in [3.05, 3.63) is 59.2 Å². The lowest BCUT2D eigenvalue weighted by Crippen LogP contribution is -2.39. The molecule has 2 rings (SSSR count). The van der Waals surface area contributed by atoms with Gasteiger partial charge in [-0.15, -0.1) is 0 Å². The van der Waals surface area contributed by atoms with E-state index in [1.807, 2.05) is 58.0 Å². The number of nitrogens with zero attached hydrogens (tertiary/aromatic N) is 2. The maximum atomic E-state index is 12.3. The van der Waals surface area contributed by atoms with Gasteiger partial charge in [-0.3, -0.25) is 9.10 Å². The first-order valence-electron chi connectivity index (χ1n) is 9.20. The van der Waals surface area contributed by atoms with Gasteiger partial charge in [0, 0.05) is 0 Å². The molecule has 0 aliphatic heterocycles. The molecule has 156 valence electrons. The Balaban J connectivity index is 2.05. The number of amides is 1. The van der Waals surface area contributed by atoms with Crippen LogP contribution in [0.2, 0.25) is 0 Å². The van der Waals surface area contributed by atoms with Crippen LogP contribution < -0.4 is 14.5 Å². The molecule has 0 spiro atoms. The number of benzene rings is 2. The van der Waals surface area contributed by atoms with Gasteiger partial charge in [-0.25, -0.2) is 13.8 Å². The Morgan fingerprint density at radius 3 is 2.41 bits per heavy atom. The fraction of sp³-hybridized carbons (Fsp3) is 0.333. The molecule has 1 amide bonds. The summed E-state index contributed by atoms with van der Waals surface area (Å²) in [5, 5.41) is 3.91. The van der Waals surface area contributed by atoms with Crippen LogP contribution in [0.4, 0.5) is 5.69 Å². The van der Waals surface area contributed by atoms with Gasteiger partial charge in [0.05, 0.1) is 24.3 Å². The fourth-order valence-corrected chi connectivity index (χ4v) is 3.54. The summed E-state index contributed by atoms with van der Waals surface area (Å²) in [6, 6.07) is 12.6. The summed E-state index contributed by atoms with van der Waals surface area (Å²) >= 11 is 0. The number of aryl methyl sites for hydroxylation is 1. The molecule has 0 aromatic heterocycles. The smallest absolute Gasteiger partial charge is 0.260 e. The van der Waals surface area contributed by atoms with Crippen LogP contribution in [0.25, 0.3) is 0 Å². The standard InChI is InChI=1S/C21H27N3O4S/c1-15(2)28-19-11-9-18(10-12-19)13-22-23-21(25)14-24(29(5,26)27)20-8-6-7-16(3)17(20)4/h6-13,15H,14H2,1-5H3,(H,23,25)/b22-13-. The Morgan fingerprint density at radius 1 is 1.17 bits per heavy atom. The highest BCUT2D eigenvalue weighted by molar-refractivity contribution is 7.92. The van der Waals surface area contributed by atoms with Gasteiger partial charge < -0.3 is 4.74 Å². The monoisotopic (exact) mass is 417 g/mol. The Bertz CT molecular complexity index is 983. The summed E-state index contributed by atoms with van der Waals surface area (Å²) < 4.78 is 31.1. The van der Waals surface area contributed by atoms with Crippen molar-refractivity contribution in [2.75, 3.05) is 17.1 Å². The number of hydrogen-bond donors (Lipinski definition) is 1. The van der Waals surface area contributed by atoms with E-state index in [-0.39, 0.29) is 12.6 Å². The molecule has 0 radical (unpaired) electrons. The number of hydrazone groups is 1. The van der Waals surface area contributed by atoms with Crippen molar-refractivity contribution in [3.63, 3.8) is 0 Å². The molecule has 29 heavy (non-hydrogen) atoms. The van der Waals surface area contributed by atoms with E-state index in [0.29, 0.717) is 5.69 Å².